The SMILES string of the molecule is O=C(O)C1CCCCC1c1nc(C2CCC2)no1. The van der Waals surface area contributed by atoms with Crippen LogP contribution in [-0.4, -0.2) is 21.2 Å². The number of hydrogen-bond donors (Lipinski definition) is 1. The molecular weight excluding hydrogens is 232 g/mol. The Balaban J connectivity index is 1.78. The largest absolute Gasteiger partial charge is 0.481 e. The quantitative estimate of drug-likeness (QED) is 0.892. The zero-order valence-electron chi connectivity index (χ0n) is 10.3. The van der Waals surface area contributed by atoms with Crippen LogP contribution < -0.4 is 0 Å². The van der Waals surface area contributed by atoms with Crippen LogP contribution in [0.25, 0.3) is 0 Å². The maximum atomic E-state index is 11.3. The number of aromatic nitrogens is 2. The number of nitrogens with zero attached hydrogens (tertiary/aromatic N) is 2. The van der Waals surface area contributed by atoms with Crippen molar-refractivity contribution in [2.45, 2.75) is 56.8 Å². The third-order valence-electron chi connectivity index (χ3n) is 4.33. The van der Waals surface area contributed by atoms with Gasteiger partial charge in [0.15, 0.2) is 5.82 Å². The fourth-order valence-electron chi connectivity index (χ4n) is 2.95. The van der Waals surface area contributed by atoms with Crippen molar-refractivity contribution in [3.8, 4) is 0 Å². The average Bonchev–Trinajstić information content (AvgIpc) is 2.76. The number of carbonyl (C=O) groups is 1. The first kappa shape index (κ1) is 11.7. The van der Waals surface area contributed by atoms with Gasteiger partial charge in [-0.2, -0.15) is 4.98 Å². The summed E-state index contributed by atoms with van der Waals surface area (Å²) in [6, 6.07) is 0. The topological polar surface area (TPSA) is 76.2 Å². The third kappa shape index (κ3) is 2.02. The first-order chi connectivity index (χ1) is 8.75. The second kappa shape index (κ2) is 4.71. The molecule has 0 saturated heterocycles. The van der Waals surface area contributed by atoms with Crippen LogP contribution in [0.15, 0.2) is 4.52 Å². The molecule has 98 valence electrons. The molecule has 2 aliphatic rings. The Morgan fingerprint density at radius 2 is 1.94 bits per heavy atom. The molecule has 2 atom stereocenters. The molecule has 2 saturated carbocycles. The van der Waals surface area contributed by atoms with E-state index in [0.717, 1.165) is 44.3 Å². The first-order valence-electron chi connectivity index (χ1n) is 6.82. The molecule has 5 heteroatoms. The summed E-state index contributed by atoms with van der Waals surface area (Å²) < 4.78 is 5.32. The Hall–Kier alpha value is -1.39. The molecule has 1 N–H and O–H groups in total. The highest BCUT2D eigenvalue weighted by atomic mass is 16.5. The molecule has 0 bridgehead atoms. The first-order valence-corrected chi connectivity index (χ1v) is 6.82. The molecule has 1 aromatic rings. The molecule has 0 radical (unpaired) electrons. The standard InChI is InChI=1S/C13H18N2O3/c16-13(17)10-7-2-1-6-9(10)12-14-11(15-18-12)8-4-3-5-8/h8-10H,1-7H2,(H,16,17). The molecular formula is C13H18N2O3. The molecule has 1 aromatic heterocycles. The van der Waals surface area contributed by atoms with Crippen molar-refractivity contribution in [3.63, 3.8) is 0 Å². The molecule has 0 spiro atoms. The second-order valence-electron chi connectivity index (χ2n) is 5.45. The van der Waals surface area contributed by atoms with Gasteiger partial charge in [-0.3, -0.25) is 4.79 Å². The number of hydrogen-bond acceptors (Lipinski definition) is 4. The summed E-state index contributed by atoms with van der Waals surface area (Å²) in [5.41, 5.74) is 0. The van der Waals surface area contributed by atoms with Crippen LogP contribution in [0.1, 0.15) is 68.5 Å². The summed E-state index contributed by atoms with van der Waals surface area (Å²) in [6.07, 6.45) is 7.10. The normalized spacial score (nSPS) is 28.9. The zero-order valence-corrected chi connectivity index (χ0v) is 10.3. The predicted octanol–water partition coefficient (Wildman–Crippen LogP) is 2.70. The van der Waals surface area contributed by atoms with Crippen LogP contribution in [0.5, 0.6) is 0 Å². The van der Waals surface area contributed by atoms with Crippen molar-refractivity contribution < 1.29 is 14.4 Å². The zero-order chi connectivity index (χ0) is 12.5. The predicted molar refractivity (Wildman–Crippen MR) is 63.2 cm³/mol. The Morgan fingerprint density at radius 1 is 1.17 bits per heavy atom. The average molecular weight is 250 g/mol. The van der Waals surface area contributed by atoms with E-state index in [9.17, 15) is 9.90 Å². The van der Waals surface area contributed by atoms with Gasteiger partial charge in [0.25, 0.3) is 0 Å². The van der Waals surface area contributed by atoms with Crippen molar-refractivity contribution in [3.05, 3.63) is 11.7 Å². The van der Waals surface area contributed by atoms with Crippen molar-refractivity contribution in [1.29, 1.82) is 0 Å². The van der Waals surface area contributed by atoms with Crippen molar-refractivity contribution in [2.24, 2.45) is 5.92 Å². The number of carboxylic acid groups (broad SMARTS) is 1. The van der Waals surface area contributed by atoms with Crippen molar-refractivity contribution in [1.82, 2.24) is 10.1 Å². The smallest absolute Gasteiger partial charge is 0.307 e. The lowest BCUT2D eigenvalue weighted by atomic mass is 9.79. The van der Waals surface area contributed by atoms with Crippen LogP contribution in [-0.2, 0) is 4.79 Å². The van der Waals surface area contributed by atoms with Crippen LogP contribution in [0, 0.1) is 5.92 Å². The minimum Gasteiger partial charge on any atom is -0.481 e. The number of aliphatic carboxylic acids is 1. The van der Waals surface area contributed by atoms with E-state index in [1.54, 1.807) is 0 Å². The van der Waals surface area contributed by atoms with Gasteiger partial charge >= 0.3 is 5.97 Å². The molecule has 0 aromatic carbocycles. The Morgan fingerprint density at radius 3 is 2.61 bits per heavy atom. The molecule has 5 nitrogen and oxygen atoms in total. The molecule has 18 heavy (non-hydrogen) atoms. The Bertz CT molecular complexity index is 439. The summed E-state index contributed by atoms with van der Waals surface area (Å²) in [6.45, 7) is 0. The van der Waals surface area contributed by atoms with Gasteiger partial charge in [0.05, 0.1) is 11.8 Å². The highest BCUT2D eigenvalue weighted by Crippen LogP contribution is 2.39. The molecule has 3 rings (SSSR count). The summed E-state index contributed by atoms with van der Waals surface area (Å²) >= 11 is 0. The third-order valence-corrected chi connectivity index (χ3v) is 4.33. The van der Waals surface area contributed by atoms with E-state index in [0.29, 0.717) is 11.8 Å². The van der Waals surface area contributed by atoms with E-state index in [1.165, 1.54) is 6.42 Å². The van der Waals surface area contributed by atoms with Gasteiger partial charge in [-0.25, -0.2) is 0 Å². The lowest BCUT2D eigenvalue weighted by Crippen LogP contribution is -2.25. The molecule has 0 amide bonds. The maximum Gasteiger partial charge on any atom is 0.307 e. The highest BCUT2D eigenvalue weighted by molar-refractivity contribution is 5.71. The lowest BCUT2D eigenvalue weighted by molar-refractivity contribution is -0.143. The van der Waals surface area contributed by atoms with Gasteiger partial charge in [-0.1, -0.05) is 24.4 Å². The van der Waals surface area contributed by atoms with E-state index in [1.807, 2.05) is 0 Å². The van der Waals surface area contributed by atoms with E-state index in [4.69, 9.17) is 4.52 Å². The maximum absolute atomic E-state index is 11.3. The van der Waals surface area contributed by atoms with Gasteiger partial charge in [-0.15, -0.1) is 0 Å². The van der Waals surface area contributed by atoms with E-state index < -0.39 is 5.97 Å². The Labute approximate surface area is 106 Å². The molecule has 2 unspecified atom stereocenters. The van der Waals surface area contributed by atoms with Crippen LogP contribution >= 0.6 is 0 Å². The van der Waals surface area contributed by atoms with E-state index >= 15 is 0 Å². The molecule has 2 fully saturated rings. The number of carboxylic acids is 1. The fourth-order valence-corrected chi connectivity index (χ4v) is 2.95. The number of rotatable bonds is 3. The minimum atomic E-state index is -0.733. The monoisotopic (exact) mass is 250 g/mol. The minimum absolute atomic E-state index is 0.0856. The van der Waals surface area contributed by atoms with Gasteiger partial charge in [-0.05, 0) is 25.7 Å². The van der Waals surface area contributed by atoms with Gasteiger partial charge in [0, 0.05) is 5.92 Å². The van der Waals surface area contributed by atoms with Gasteiger partial charge < -0.3 is 9.63 Å². The molecule has 0 aliphatic heterocycles. The van der Waals surface area contributed by atoms with Gasteiger partial charge in [0.2, 0.25) is 5.89 Å². The summed E-state index contributed by atoms with van der Waals surface area (Å²) in [5, 5.41) is 13.3. The van der Waals surface area contributed by atoms with E-state index in [-0.39, 0.29) is 11.8 Å². The van der Waals surface area contributed by atoms with Crippen molar-refractivity contribution in [2.75, 3.05) is 0 Å². The fraction of sp³-hybridized carbons (Fsp3) is 0.769. The van der Waals surface area contributed by atoms with Crippen molar-refractivity contribution >= 4 is 5.97 Å². The van der Waals surface area contributed by atoms with Crippen LogP contribution in [0.4, 0.5) is 0 Å². The molecule has 1 heterocycles. The lowest BCUT2D eigenvalue weighted by Gasteiger charge is -2.25. The van der Waals surface area contributed by atoms with E-state index in [2.05, 4.69) is 10.1 Å². The summed E-state index contributed by atoms with van der Waals surface area (Å²) in [5.74, 6) is 0.596. The van der Waals surface area contributed by atoms with Crippen LogP contribution in [0.2, 0.25) is 0 Å². The van der Waals surface area contributed by atoms with Gasteiger partial charge in [0.1, 0.15) is 0 Å². The molecule has 2 aliphatic carbocycles. The Kier molecular flexibility index (Phi) is 3.06. The van der Waals surface area contributed by atoms with Crippen LogP contribution in [0.3, 0.4) is 0 Å². The highest BCUT2D eigenvalue weighted by Gasteiger charge is 2.36. The second-order valence-corrected chi connectivity index (χ2v) is 5.45. The summed E-state index contributed by atoms with van der Waals surface area (Å²) in [7, 11) is 0. The summed E-state index contributed by atoms with van der Waals surface area (Å²) in [4.78, 5) is 15.7.